The average Bonchev–Trinajstić information content (AvgIpc) is 3.81. The molecule has 0 spiro atoms. The molecule has 0 aromatic heterocycles. The van der Waals surface area contributed by atoms with Gasteiger partial charge >= 0.3 is 0 Å². The van der Waals surface area contributed by atoms with E-state index in [1.165, 1.54) is 42.4 Å². The summed E-state index contributed by atoms with van der Waals surface area (Å²) in [5.41, 5.74) is 18.4. The van der Waals surface area contributed by atoms with Gasteiger partial charge in [0.05, 0.1) is 32.8 Å². The largest absolute Gasteiger partial charge is 0.496 e. The number of methoxy groups -OCH3 is 2. The summed E-state index contributed by atoms with van der Waals surface area (Å²) in [5, 5.41) is 0. The van der Waals surface area contributed by atoms with Crippen LogP contribution in [0.3, 0.4) is 0 Å². The van der Waals surface area contributed by atoms with E-state index in [0.29, 0.717) is 31.5 Å². The summed E-state index contributed by atoms with van der Waals surface area (Å²) in [6, 6.07) is 9.17. The summed E-state index contributed by atoms with van der Waals surface area (Å²) in [6.07, 6.45) is 49.9. The molecule has 0 N–H and O–H groups in total. The summed E-state index contributed by atoms with van der Waals surface area (Å²) in [7, 11) is 3.40. The summed E-state index contributed by atoms with van der Waals surface area (Å²) in [6.45, 7) is 17.9. The smallest absolute Gasteiger partial charge is 0.178 e. The van der Waals surface area contributed by atoms with E-state index in [-0.39, 0.29) is 16.7 Å². The standard InChI is InChI=1S/C62H69NO4/c1-9-18-47(21-17-36-64-7)56-42-49-41-50(43-57(56)48-19-15-20-48)59-40-46(39-55(49)54-24-11-12-25-58(54)61(6)32-14-13-31-60(4,5)44-61)30-33-62(67-59,51-22-16-23-53(65-8)29-27-51)45(3)26-28-52(10-2)63-34-37-66-38-35-63/h1,10-12,17-18,21-30,33,39,41-43,48,50H,3,13-15,19-20,31-32,34-38,44H2,2,4-8H3/b21-17-,28-26-,47-18+,52-10+,55-39+. The van der Waals surface area contributed by atoms with E-state index in [2.05, 4.69) is 147 Å². The Balaban J connectivity index is 1.36. The Morgan fingerprint density at radius 1 is 0.985 bits per heavy atom. The van der Waals surface area contributed by atoms with Crippen LogP contribution in [0.5, 0.6) is 0 Å². The number of allylic oxidation sites excluding steroid dienone is 16. The summed E-state index contributed by atoms with van der Waals surface area (Å²) < 4.78 is 24.6. The van der Waals surface area contributed by atoms with E-state index in [1.54, 1.807) is 14.2 Å². The Hall–Kier alpha value is -5.98. The molecule has 8 rings (SSSR count). The highest BCUT2D eigenvalue weighted by atomic mass is 16.5. The quantitative estimate of drug-likeness (QED) is 0.0854. The minimum Gasteiger partial charge on any atom is -0.496 e. The third kappa shape index (κ3) is 10.5. The van der Waals surface area contributed by atoms with Crippen molar-refractivity contribution in [1.82, 2.24) is 4.90 Å². The molecule has 0 amide bonds. The van der Waals surface area contributed by atoms with E-state index in [0.717, 1.165) is 89.2 Å². The van der Waals surface area contributed by atoms with Crippen LogP contribution in [0.2, 0.25) is 0 Å². The lowest BCUT2D eigenvalue weighted by Crippen LogP contribution is -2.35. The predicted octanol–water partition coefficient (Wildman–Crippen LogP) is 13.6. The molecule has 5 aliphatic carbocycles. The van der Waals surface area contributed by atoms with Crippen LogP contribution in [0.25, 0.3) is 5.57 Å². The predicted molar refractivity (Wildman–Crippen MR) is 275 cm³/mol. The number of ether oxygens (including phenoxy) is 4. The number of nitrogens with zero attached hydrogens (tertiary/aromatic N) is 1. The molecule has 3 unspecified atom stereocenters. The van der Waals surface area contributed by atoms with Crippen LogP contribution in [0.1, 0.15) is 90.2 Å². The van der Waals surface area contributed by atoms with Crippen LogP contribution in [0.15, 0.2) is 196 Å². The van der Waals surface area contributed by atoms with E-state index < -0.39 is 5.60 Å². The van der Waals surface area contributed by atoms with Gasteiger partial charge in [-0.1, -0.05) is 125 Å². The molecule has 2 heterocycles. The Morgan fingerprint density at radius 2 is 1.79 bits per heavy atom. The number of morpholine rings is 1. The monoisotopic (exact) mass is 892 g/mol. The third-order valence-electron chi connectivity index (χ3n) is 14.7. The average molecular weight is 892 g/mol. The molecule has 1 aromatic carbocycles. The van der Waals surface area contributed by atoms with Crippen LogP contribution >= 0.6 is 0 Å². The molecule has 0 radical (unpaired) electrons. The highest BCUT2D eigenvalue weighted by molar-refractivity contribution is 5.88. The second kappa shape index (κ2) is 20.9. The fourth-order valence-corrected chi connectivity index (χ4v) is 11.1. The van der Waals surface area contributed by atoms with Crippen molar-refractivity contribution in [3.8, 4) is 12.3 Å². The number of fused-ring (bicyclic) bond motifs is 2. The highest BCUT2D eigenvalue weighted by Gasteiger charge is 2.41. The molecule has 1 saturated heterocycles. The van der Waals surface area contributed by atoms with Crippen LogP contribution in [0.4, 0.5) is 0 Å². The van der Waals surface area contributed by atoms with Crippen molar-refractivity contribution in [2.45, 2.75) is 90.1 Å². The maximum absolute atomic E-state index is 7.65. The molecule has 2 aliphatic heterocycles. The van der Waals surface area contributed by atoms with Crippen LogP contribution in [0, 0.1) is 29.6 Å². The zero-order valence-electron chi connectivity index (χ0n) is 40.8. The number of hydrogen-bond donors (Lipinski definition) is 0. The molecule has 5 nitrogen and oxygen atoms in total. The van der Waals surface area contributed by atoms with Crippen molar-refractivity contribution in [3.63, 3.8) is 0 Å². The topological polar surface area (TPSA) is 40.2 Å². The number of benzene rings is 1. The maximum atomic E-state index is 7.65. The number of rotatable bonds is 13. The van der Waals surface area contributed by atoms with Gasteiger partial charge in [0, 0.05) is 43.1 Å². The van der Waals surface area contributed by atoms with E-state index in [4.69, 9.17) is 31.9 Å². The van der Waals surface area contributed by atoms with Crippen LogP contribution < -0.4 is 0 Å². The second-order valence-corrected chi connectivity index (χ2v) is 19.9. The lowest BCUT2D eigenvalue weighted by Gasteiger charge is -2.37. The highest BCUT2D eigenvalue weighted by Crippen LogP contribution is 2.51. The zero-order chi connectivity index (χ0) is 47.0. The lowest BCUT2D eigenvalue weighted by atomic mass is 9.67. The molecule has 3 fully saturated rings. The van der Waals surface area contributed by atoms with Crippen molar-refractivity contribution in [3.05, 3.63) is 207 Å². The molecular weight excluding hydrogens is 823 g/mol. The van der Waals surface area contributed by atoms with Gasteiger partial charge in [0.2, 0.25) is 0 Å². The van der Waals surface area contributed by atoms with E-state index >= 15 is 0 Å². The molecule has 346 valence electrons. The fourth-order valence-electron chi connectivity index (χ4n) is 11.1. The second-order valence-electron chi connectivity index (χ2n) is 19.9. The first-order chi connectivity index (χ1) is 32.5. The van der Waals surface area contributed by atoms with E-state index in [1.807, 2.05) is 24.3 Å². The Kier molecular flexibility index (Phi) is 14.8. The van der Waals surface area contributed by atoms with Gasteiger partial charge in [0.25, 0.3) is 0 Å². The number of terminal acetylenes is 1. The van der Waals surface area contributed by atoms with Gasteiger partial charge in [-0.15, -0.1) is 12.2 Å². The summed E-state index contributed by atoms with van der Waals surface area (Å²) >= 11 is 0. The van der Waals surface area contributed by atoms with Gasteiger partial charge in [0.1, 0.15) is 5.76 Å². The first kappa shape index (κ1) is 47.5. The minimum atomic E-state index is -1.14. The van der Waals surface area contributed by atoms with Crippen molar-refractivity contribution in [2.24, 2.45) is 17.3 Å². The summed E-state index contributed by atoms with van der Waals surface area (Å²) in [5.74, 6) is 4.41. The molecule has 5 heteroatoms. The van der Waals surface area contributed by atoms with Crippen LogP contribution in [-0.2, 0) is 24.4 Å². The van der Waals surface area contributed by atoms with E-state index in [9.17, 15) is 0 Å². The fraction of sp³-hybridized carbons (Fsp3) is 0.387. The molecule has 7 aliphatic rings. The normalized spacial score (nSPS) is 27.4. The van der Waals surface area contributed by atoms with Crippen molar-refractivity contribution in [1.29, 1.82) is 0 Å². The third-order valence-corrected chi connectivity index (χ3v) is 14.7. The lowest BCUT2D eigenvalue weighted by molar-refractivity contribution is 0.0553. The van der Waals surface area contributed by atoms with Gasteiger partial charge in [-0.2, -0.15) is 0 Å². The molecular formula is C62H69NO4. The van der Waals surface area contributed by atoms with Crippen molar-refractivity contribution >= 4 is 5.57 Å². The van der Waals surface area contributed by atoms with Crippen molar-refractivity contribution in [2.75, 3.05) is 47.1 Å². The maximum Gasteiger partial charge on any atom is 0.178 e. The molecule has 67 heavy (non-hydrogen) atoms. The van der Waals surface area contributed by atoms with Gasteiger partial charge in [-0.05, 0) is 149 Å². The van der Waals surface area contributed by atoms with Gasteiger partial charge < -0.3 is 23.8 Å². The zero-order valence-corrected chi connectivity index (χ0v) is 40.8. The van der Waals surface area contributed by atoms with Gasteiger partial charge in [-0.25, -0.2) is 0 Å². The van der Waals surface area contributed by atoms with Crippen LogP contribution in [-0.4, -0.2) is 57.6 Å². The summed E-state index contributed by atoms with van der Waals surface area (Å²) in [4.78, 5) is 2.36. The Labute approximate surface area is 401 Å². The number of hydrogen-bond acceptors (Lipinski definition) is 5. The molecule has 1 aromatic rings. The first-order valence-corrected chi connectivity index (χ1v) is 24.4. The molecule has 3 atom stereocenters. The Morgan fingerprint density at radius 3 is 2.54 bits per heavy atom. The van der Waals surface area contributed by atoms with Gasteiger partial charge in [-0.3, -0.25) is 0 Å². The minimum absolute atomic E-state index is 0.0196. The Bertz CT molecular complexity index is 2640. The first-order valence-electron chi connectivity index (χ1n) is 24.4. The molecule has 2 saturated carbocycles. The van der Waals surface area contributed by atoms with Gasteiger partial charge in [0.15, 0.2) is 11.4 Å². The van der Waals surface area contributed by atoms with Crippen molar-refractivity contribution < 1.29 is 18.9 Å². The molecule has 4 bridgehead atoms. The SMILES string of the molecule is C#C/C=C(\C=C/COC)C1=CC2=CC(C=C1C1CCC1)C1=C=C(C=CC(C(=C)/C=C\C(=C/C)N3CCOCC3)(C3=CC=C(OC)C=C=C3)O1)/C=C\2c1ccccc1C1(C)CCCCC(C)(C)C1.